The third-order valence-electron chi connectivity index (χ3n) is 3.71. The van der Waals surface area contributed by atoms with E-state index in [1.165, 1.54) is 23.5 Å². The topological polar surface area (TPSA) is 37.6 Å². The lowest BCUT2D eigenvalue weighted by Gasteiger charge is -2.23. The number of aromatic nitrogens is 1. The van der Waals surface area contributed by atoms with Gasteiger partial charge in [-0.25, -0.2) is 4.79 Å². The summed E-state index contributed by atoms with van der Waals surface area (Å²) >= 11 is 3.13. The normalized spacial score (nSPS) is 16.3. The lowest BCUT2D eigenvalue weighted by molar-refractivity contribution is -0.137. The van der Waals surface area contributed by atoms with Gasteiger partial charge in [0.25, 0.3) is 0 Å². The summed E-state index contributed by atoms with van der Waals surface area (Å²) in [6.45, 7) is 3.20. The van der Waals surface area contributed by atoms with E-state index in [0.29, 0.717) is 23.6 Å². The Morgan fingerprint density at radius 2 is 1.80 bits per heavy atom. The zero-order valence-electron chi connectivity index (χ0n) is 13.4. The average molecular weight is 387 g/mol. The van der Waals surface area contributed by atoms with Crippen molar-refractivity contribution in [3.05, 3.63) is 45.7 Å². The molecular formula is C16H16F3N3OS2. The molecule has 25 heavy (non-hydrogen) atoms. The van der Waals surface area contributed by atoms with Crippen molar-refractivity contribution < 1.29 is 18.0 Å². The third-order valence-corrected chi connectivity index (χ3v) is 5.56. The first-order chi connectivity index (χ1) is 11.8. The minimum Gasteiger partial charge on any atom is -0.321 e. The molecule has 0 spiro atoms. The van der Waals surface area contributed by atoms with Crippen molar-refractivity contribution >= 4 is 29.1 Å². The number of benzene rings is 1. The van der Waals surface area contributed by atoms with Gasteiger partial charge in [-0.15, -0.1) is 11.3 Å². The standard InChI is InChI=1S/C16H16F3N3OS2/c1-11-10-22(13-4-2-12(3-5-13)16(17,18)19)15(25-11)20-14(23)21-6-8-24-9-7-21/h2-5,10H,6-9H2,1H3/b20-15-. The monoisotopic (exact) mass is 387 g/mol. The van der Waals surface area contributed by atoms with Crippen molar-refractivity contribution in [3.8, 4) is 5.69 Å². The van der Waals surface area contributed by atoms with E-state index in [-0.39, 0.29) is 6.03 Å². The van der Waals surface area contributed by atoms with Crippen LogP contribution in [0.2, 0.25) is 0 Å². The molecule has 2 heterocycles. The number of halogens is 3. The van der Waals surface area contributed by atoms with Gasteiger partial charge >= 0.3 is 12.2 Å². The SMILES string of the molecule is Cc1cn(-c2ccc(C(F)(F)F)cc2)/c(=N/C(=O)N2CCSCC2)s1. The summed E-state index contributed by atoms with van der Waals surface area (Å²) in [6, 6.07) is 4.53. The molecule has 0 bridgehead atoms. The molecule has 1 aromatic heterocycles. The van der Waals surface area contributed by atoms with Gasteiger partial charge in [0, 0.05) is 41.4 Å². The first kappa shape index (κ1) is 18.1. The van der Waals surface area contributed by atoms with E-state index in [2.05, 4.69) is 4.99 Å². The Kier molecular flexibility index (Phi) is 5.24. The minimum absolute atomic E-state index is 0.303. The Hall–Kier alpha value is -1.74. The first-order valence-electron chi connectivity index (χ1n) is 7.63. The lowest BCUT2D eigenvalue weighted by Crippen LogP contribution is -2.37. The number of carbonyl (C=O) groups is 1. The van der Waals surface area contributed by atoms with Crippen molar-refractivity contribution in [1.82, 2.24) is 9.47 Å². The highest BCUT2D eigenvalue weighted by Crippen LogP contribution is 2.29. The second-order valence-corrected chi connectivity index (χ2v) is 7.97. The van der Waals surface area contributed by atoms with Crippen LogP contribution in [0.4, 0.5) is 18.0 Å². The number of hydrogen-bond acceptors (Lipinski definition) is 3. The maximum absolute atomic E-state index is 12.7. The summed E-state index contributed by atoms with van der Waals surface area (Å²) in [5.41, 5.74) is -0.165. The summed E-state index contributed by atoms with van der Waals surface area (Å²) in [4.78, 5) is 19.6. The van der Waals surface area contributed by atoms with E-state index in [1.54, 1.807) is 27.4 Å². The molecule has 1 aliphatic rings. The van der Waals surface area contributed by atoms with E-state index >= 15 is 0 Å². The van der Waals surface area contributed by atoms with Crippen LogP contribution in [0.3, 0.4) is 0 Å². The van der Waals surface area contributed by atoms with Crippen LogP contribution in [-0.4, -0.2) is 40.1 Å². The maximum Gasteiger partial charge on any atom is 0.416 e. The number of alkyl halides is 3. The zero-order valence-corrected chi connectivity index (χ0v) is 15.0. The highest BCUT2D eigenvalue weighted by molar-refractivity contribution is 7.99. The molecule has 1 aromatic carbocycles. The molecule has 0 atom stereocenters. The average Bonchev–Trinajstić information content (AvgIpc) is 2.95. The van der Waals surface area contributed by atoms with Crippen molar-refractivity contribution in [2.24, 2.45) is 4.99 Å². The van der Waals surface area contributed by atoms with Gasteiger partial charge in [-0.05, 0) is 31.2 Å². The predicted molar refractivity (Wildman–Crippen MR) is 93.2 cm³/mol. The Balaban J connectivity index is 1.93. The van der Waals surface area contributed by atoms with Crippen LogP contribution < -0.4 is 4.80 Å². The molecule has 0 radical (unpaired) electrons. The van der Waals surface area contributed by atoms with E-state index in [1.807, 2.05) is 6.92 Å². The van der Waals surface area contributed by atoms with E-state index in [0.717, 1.165) is 28.5 Å². The van der Waals surface area contributed by atoms with Crippen molar-refractivity contribution in [1.29, 1.82) is 0 Å². The van der Waals surface area contributed by atoms with Crippen molar-refractivity contribution in [3.63, 3.8) is 0 Å². The maximum atomic E-state index is 12.7. The van der Waals surface area contributed by atoms with Gasteiger partial charge in [-0.1, -0.05) is 0 Å². The van der Waals surface area contributed by atoms with Gasteiger partial charge in [0.05, 0.1) is 5.56 Å². The fourth-order valence-corrected chi connectivity index (χ4v) is 4.17. The number of thioether (sulfide) groups is 1. The molecule has 3 rings (SSSR count). The summed E-state index contributed by atoms with van der Waals surface area (Å²) < 4.78 is 39.8. The van der Waals surface area contributed by atoms with Crippen LogP contribution in [0.25, 0.3) is 5.69 Å². The molecule has 1 fully saturated rings. The minimum atomic E-state index is -4.37. The second-order valence-electron chi connectivity index (χ2n) is 5.53. The van der Waals surface area contributed by atoms with Gasteiger partial charge < -0.3 is 4.90 Å². The Bertz CT molecular complexity index is 818. The summed E-state index contributed by atoms with van der Waals surface area (Å²) in [7, 11) is 0. The summed E-state index contributed by atoms with van der Waals surface area (Å²) in [5.74, 6) is 1.78. The molecule has 0 unspecified atom stereocenters. The Labute approximate surface area is 151 Å². The number of thiazole rings is 1. The molecular weight excluding hydrogens is 371 g/mol. The van der Waals surface area contributed by atoms with Crippen LogP contribution in [0.5, 0.6) is 0 Å². The van der Waals surface area contributed by atoms with Gasteiger partial charge in [-0.3, -0.25) is 4.57 Å². The molecule has 2 amide bonds. The lowest BCUT2D eigenvalue weighted by atomic mass is 10.2. The number of hydrogen-bond donors (Lipinski definition) is 0. The van der Waals surface area contributed by atoms with Crippen LogP contribution in [0.1, 0.15) is 10.4 Å². The number of urea groups is 1. The van der Waals surface area contributed by atoms with Crippen molar-refractivity contribution in [2.45, 2.75) is 13.1 Å². The highest BCUT2D eigenvalue weighted by atomic mass is 32.2. The van der Waals surface area contributed by atoms with Crippen LogP contribution in [0.15, 0.2) is 35.5 Å². The number of rotatable bonds is 1. The van der Waals surface area contributed by atoms with Gasteiger partial charge in [0.1, 0.15) is 0 Å². The van der Waals surface area contributed by atoms with E-state index in [9.17, 15) is 18.0 Å². The molecule has 4 nitrogen and oxygen atoms in total. The van der Waals surface area contributed by atoms with Crippen LogP contribution in [-0.2, 0) is 6.18 Å². The molecule has 0 saturated carbocycles. The zero-order chi connectivity index (χ0) is 18.0. The van der Waals surface area contributed by atoms with E-state index in [4.69, 9.17) is 0 Å². The summed E-state index contributed by atoms with van der Waals surface area (Å²) in [6.07, 6.45) is -2.60. The largest absolute Gasteiger partial charge is 0.416 e. The van der Waals surface area contributed by atoms with Gasteiger partial charge in [0.2, 0.25) is 0 Å². The first-order valence-corrected chi connectivity index (χ1v) is 9.60. The predicted octanol–water partition coefficient (Wildman–Crippen LogP) is 3.94. The number of nitrogens with zero attached hydrogens (tertiary/aromatic N) is 3. The highest BCUT2D eigenvalue weighted by Gasteiger charge is 2.30. The number of aryl methyl sites for hydroxylation is 1. The number of carbonyl (C=O) groups excluding carboxylic acids is 1. The molecule has 1 saturated heterocycles. The van der Waals surface area contributed by atoms with Crippen LogP contribution in [0, 0.1) is 6.92 Å². The molecule has 2 aromatic rings. The molecule has 0 aliphatic carbocycles. The molecule has 0 N–H and O–H groups in total. The third kappa shape index (κ3) is 4.27. The van der Waals surface area contributed by atoms with Gasteiger partial charge in [-0.2, -0.15) is 29.9 Å². The fraction of sp³-hybridized carbons (Fsp3) is 0.375. The smallest absolute Gasteiger partial charge is 0.321 e. The Morgan fingerprint density at radius 3 is 2.40 bits per heavy atom. The number of amides is 2. The molecule has 1 aliphatic heterocycles. The Morgan fingerprint density at radius 1 is 1.16 bits per heavy atom. The fourth-order valence-electron chi connectivity index (χ4n) is 2.44. The van der Waals surface area contributed by atoms with Crippen LogP contribution >= 0.6 is 23.1 Å². The quantitative estimate of drug-likeness (QED) is 0.743. The molecule has 9 heteroatoms. The van der Waals surface area contributed by atoms with Gasteiger partial charge in [0.15, 0.2) is 4.80 Å². The van der Waals surface area contributed by atoms with Crippen molar-refractivity contribution in [2.75, 3.05) is 24.6 Å². The van der Waals surface area contributed by atoms with E-state index < -0.39 is 11.7 Å². The second kappa shape index (κ2) is 7.25. The summed E-state index contributed by atoms with van der Waals surface area (Å²) in [5, 5.41) is 0. The molecule has 134 valence electrons.